The first kappa shape index (κ1) is 13.0. The third kappa shape index (κ3) is 2.53. The second-order valence-corrected chi connectivity index (χ2v) is 5.71. The number of carboxylic acids is 1. The summed E-state index contributed by atoms with van der Waals surface area (Å²) in [5.41, 5.74) is -0.110. The number of anilines is 1. The fraction of sp³-hybridized carbons (Fsp3) is 0.583. The number of carbonyl (C=O) groups is 2. The Morgan fingerprint density at radius 1 is 1.50 bits per heavy atom. The van der Waals surface area contributed by atoms with Gasteiger partial charge in [0.15, 0.2) is 16.6 Å². The normalized spacial score (nSPS) is 19.9. The van der Waals surface area contributed by atoms with E-state index in [0.29, 0.717) is 11.0 Å². The van der Waals surface area contributed by atoms with Crippen molar-refractivity contribution in [1.29, 1.82) is 0 Å². The monoisotopic (exact) mass is 268 g/mol. The minimum absolute atomic E-state index is 0.110. The van der Waals surface area contributed by atoms with E-state index in [1.165, 1.54) is 24.7 Å². The van der Waals surface area contributed by atoms with Crippen LogP contribution in [0, 0.1) is 5.92 Å². The van der Waals surface area contributed by atoms with Gasteiger partial charge in [0.2, 0.25) is 0 Å². The van der Waals surface area contributed by atoms with Gasteiger partial charge in [-0.1, -0.05) is 18.3 Å². The van der Waals surface area contributed by atoms with Gasteiger partial charge in [-0.2, -0.15) is 0 Å². The molecule has 1 atom stereocenters. The molecule has 1 N–H and O–H groups in total. The maximum Gasteiger partial charge on any atom is 0.356 e. The average Bonchev–Trinajstić information content (AvgIpc) is 2.73. The molecular weight excluding hydrogens is 252 g/mol. The lowest BCUT2D eigenvalue weighted by Crippen LogP contribution is -2.34. The lowest BCUT2D eigenvalue weighted by molar-refractivity contribution is 0.0687. The molecule has 1 unspecified atom stereocenters. The Hall–Kier alpha value is -1.43. The predicted octanol–water partition coefficient (Wildman–Crippen LogP) is 2.28. The number of aromatic nitrogens is 1. The van der Waals surface area contributed by atoms with E-state index < -0.39 is 5.97 Å². The zero-order chi connectivity index (χ0) is 13.3. The van der Waals surface area contributed by atoms with Crippen molar-refractivity contribution in [3.8, 4) is 0 Å². The van der Waals surface area contributed by atoms with Crippen LogP contribution in [0.4, 0.5) is 5.13 Å². The maximum absolute atomic E-state index is 11.4. The highest BCUT2D eigenvalue weighted by atomic mass is 32.1. The Morgan fingerprint density at radius 2 is 2.22 bits per heavy atom. The molecule has 0 aliphatic carbocycles. The first-order valence-corrected chi connectivity index (χ1v) is 6.80. The number of carboxylic acid groups (broad SMARTS) is 1. The molecule has 6 heteroatoms. The quantitative estimate of drug-likeness (QED) is 0.852. The molecule has 1 saturated heterocycles. The summed E-state index contributed by atoms with van der Waals surface area (Å²) in [4.78, 5) is 28.9. The zero-order valence-corrected chi connectivity index (χ0v) is 11.3. The molecule has 0 bridgehead atoms. The third-order valence-corrected chi connectivity index (χ3v) is 4.28. The molecule has 1 fully saturated rings. The molecular formula is C12H16N2O3S. The van der Waals surface area contributed by atoms with Crippen LogP contribution in [0.2, 0.25) is 0 Å². The topological polar surface area (TPSA) is 70.5 Å². The second kappa shape index (κ2) is 5.06. The van der Waals surface area contributed by atoms with E-state index in [1.807, 2.05) is 0 Å². The first-order valence-electron chi connectivity index (χ1n) is 5.99. The molecule has 1 aromatic heterocycles. The van der Waals surface area contributed by atoms with Gasteiger partial charge in [0, 0.05) is 20.0 Å². The molecule has 1 aromatic rings. The molecule has 0 aromatic carbocycles. The standard InChI is InChI=1S/C12H16N2O3S/c1-7-4-3-5-14(6-7)12-13-9(11(16)17)10(18-12)8(2)15/h7H,3-6H2,1-2H3,(H,16,17). The summed E-state index contributed by atoms with van der Waals surface area (Å²) in [6.07, 6.45) is 2.27. The second-order valence-electron chi connectivity index (χ2n) is 4.73. The summed E-state index contributed by atoms with van der Waals surface area (Å²) in [6.45, 7) is 5.31. The van der Waals surface area contributed by atoms with E-state index in [0.717, 1.165) is 19.5 Å². The van der Waals surface area contributed by atoms with E-state index in [9.17, 15) is 9.59 Å². The highest BCUT2D eigenvalue weighted by molar-refractivity contribution is 7.17. The van der Waals surface area contributed by atoms with Crippen LogP contribution in [-0.2, 0) is 0 Å². The number of hydrogen-bond acceptors (Lipinski definition) is 5. The summed E-state index contributed by atoms with van der Waals surface area (Å²) in [5, 5.41) is 9.71. The number of hydrogen-bond donors (Lipinski definition) is 1. The van der Waals surface area contributed by atoms with Crippen molar-refractivity contribution in [2.24, 2.45) is 5.92 Å². The summed E-state index contributed by atoms with van der Waals surface area (Å²) in [6, 6.07) is 0. The molecule has 1 aliphatic heterocycles. The number of thiazole rings is 1. The number of rotatable bonds is 3. The molecule has 0 radical (unpaired) electrons. The summed E-state index contributed by atoms with van der Waals surface area (Å²) in [5.74, 6) is -0.786. The van der Waals surface area contributed by atoms with Gasteiger partial charge in [-0.3, -0.25) is 4.79 Å². The van der Waals surface area contributed by atoms with E-state index in [-0.39, 0.29) is 16.4 Å². The van der Waals surface area contributed by atoms with Crippen molar-refractivity contribution in [2.45, 2.75) is 26.7 Å². The minimum Gasteiger partial charge on any atom is -0.476 e. The molecule has 2 heterocycles. The Bertz CT molecular complexity index is 452. The van der Waals surface area contributed by atoms with E-state index in [2.05, 4.69) is 16.8 Å². The number of piperidine rings is 1. The van der Waals surface area contributed by atoms with Crippen LogP contribution < -0.4 is 4.90 Å². The zero-order valence-electron chi connectivity index (χ0n) is 10.5. The SMILES string of the molecule is CC(=O)c1sc(N2CCCC(C)C2)nc1C(=O)O. The molecule has 0 spiro atoms. The van der Waals surface area contributed by atoms with Crippen molar-refractivity contribution < 1.29 is 14.7 Å². The highest BCUT2D eigenvalue weighted by Gasteiger charge is 2.25. The van der Waals surface area contributed by atoms with Gasteiger partial charge in [-0.05, 0) is 18.8 Å². The lowest BCUT2D eigenvalue weighted by atomic mass is 10.0. The molecule has 0 saturated carbocycles. The van der Waals surface area contributed by atoms with Gasteiger partial charge in [0.25, 0.3) is 0 Å². The van der Waals surface area contributed by atoms with Crippen molar-refractivity contribution in [2.75, 3.05) is 18.0 Å². The average molecular weight is 268 g/mol. The molecule has 18 heavy (non-hydrogen) atoms. The van der Waals surface area contributed by atoms with Crippen LogP contribution in [0.5, 0.6) is 0 Å². The number of ketones is 1. The van der Waals surface area contributed by atoms with E-state index >= 15 is 0 Å². The molecule has 2 rings (SSSR count). The van der Waals surface area contributed by atoms with Crippen LogP contribution in [-0.4, -0.2) is 34.9 Å². The maximum atomic E-state index is 11.4. The van der Waals surface area contributed by atoms with Gasteiger partial charge < -0.3 is 10.0 Å². The van der Waals surface area contributed by atoms with Crippen molar-refractivity contribution in [3.63, 3.8) is 0 Å². The number of carbonyl (C=O) groups excluding carboxylic acids is 1. The molecule has 98 valence electrons. The lowest BCUT2D eigenvalue weighted by Gasteiger charge is -2.30. The van der Waals surface area contributed by atoms with Crippen molar-refractivity contribution in [1.82, 2.24) is 4.98 Å². The van der Waals surface area contributed by atoms with E-state index in [4.69, 9.17) is 5.11 Å². The summed E-state index contributed by atoms with van der Waals surface area (Å²) in [7, 11) is 0. The fourth-order valence-electron chi connectivity index (χ4n) is 2.19. The molecule has 5 nitrogen and oxygen atoms in total. The summed E-state index contributed by atoms with van der Waals surface area (Å²) < 4.78 is 0. The van der Waals surface area contributed by atoms with Crippen LogP contribution >= 0.6 is 11.3 Å². The fourth-order valence-corrected chi connectivity index (χ4v) is 3.18. The van der Waals surface area contributed by atoms with Gasteiger partial charge in [0.05, 0.1) is 0 Å². The highest BCUT2D eigenvalue weighted by Crippen LogP contribution is 2.30. The van der Waals surface area contributed by atoms with Crippen LogP contribution in [0.15, 0.2) is 0 Å². The number of Topliss-reactive ketones (excluding diaryl/α,β-unsaturated/α-hetero) is 1. The summed E-state index contributed by atoms with van der Waals surface area (Å²) >= 11 is 1.19. The molecule has 0 amide bonds. The smallest absolute Gasteiger partial charge is 0.356 e. The van der Waals surface area contributed by atoms with Gasteiger partial charge in [-0.25, -0.2) is 9.78 Å². The van der Waals surface area contributed by atoms with Gasteiger partial charge in [-0.15, -0.1) is 0 Å². The van der Waals surface area contributed by atoms with Gasteiger partial charge >= 0.3 is 5.97 Å². The van der Waals surface area contributed by atoms with Crippen LogP contribution in [0.25, 0.3) is 0 Å². The molecule has 1 aliphatic rings. The van der Waals surface area contributed by atoms with Crippen molar-refractivity contribution in [3.05, 3.63) is 10.6 Å². The Balaban J connectivity index is 2.31. The number of aromatic carboxylic acids is 1. The Kier molecular flexibility index (Phi) is 3.65. The third-order valence-electron chi connectivity index (χ3n) is 3.07. The van der Waals surface area contributed by atoms with Crippen LogP contribution in [0.1, 0.15) is 46.8 Å². The van der Waals surface area contributed by atoms with E-state index in [1.54, 1.807) is 0 Å². The minimum atomic E-state index is -1.13. The Morgan fingerprint density at radius 3 is 2.72 bits per heavy atom. The first-order chi connectivity index (χ1) is 8.49. The van der Waals surface area contributed by atoms with Gasteiger partial charge in [0.1, 0.15) is 4.88 Å². The van der Waals surface area contributed by atoms with Crippen molar-refractivity contribution >= 4 is 28.2 Å². The van der Waals surface area contributed by atoms with Crippen LogP contribution in [0.3, 0.4) is 0 Å². The Labute approximate surface area is 109 Å². The predicted molar refractivity (Wildman–Crippen MR) is 69.7 cm³/mol. The largest absolute Gasteiger partial charge is 0.476 e. The number of nitrogens with zero attached hydrogens (tertiary/aromatic N) is 2.